The van der Waals surface area contributed by atoms with Gasteiger partial charge in [-0.2, -0.15) is 0 Å². The topological polar surface area (TPSA) is 4.93 Å². The molecule has 2 aromatic rings. The predicted molar refractivity (Wildman–Crippen MR) is 66.3 cm³/mol. The van der Waals surface area contributed by atoms with E-state index in [1.165, 1.54) is 16.5 Å². The zero-order valence-electron chi connectivity index (χ0n) is 10.0. The summed E-state index contributed by atoms with van der Waals surface area (Å²) in [5, 5.41) is 1.37. The quantitative estimate of drug-likeness (QED) is 0.689. The van der Waals surface area contributed by atoms with Crippen LogP contribution in [0, 0.1) is 6.92 Å². The van der Waals surface area contributed by atoms with Crippen LogP contribution in [-0.4, -0.2) is 4.57 Å². The van der Waals surface area contributed by atoms with E-state index in [4.69, 9.17) is 0 Å². The Hall–Kier alpha value is -1.24. The molecular formula is C14H19N. The lowest BCUT2D eigenvalue weighted by molar-refractivity contribution is 0.353. The minimum absolute atomic E-state index is 0.202. The van der Waals surface area contributed by atoms with Crippen LogP contribution in [0.1, 0.15) is 32.8 Å². The van der Waals surface area contributed by atoms with E-state index in [9.17, 15) is 0 Å². The molecule has 0 aliphatic heterocycles. The summed E-state index contributed by atoms with van der Waals surface area (Å²) in [5.74, 6) is 0. The van der Waals surface area contributed by atoms with E-state index < -0.39 is 0 Å². The van der Waals surface area contributed by atoms with E-state index in [2.05, 4.69) is 62.7 Å². The largest absolute Gasteiger partial charge is 0.342 e. The molecule has 0 aliphatic rings. The maximum atomic E-state index is 2.40. The van der Waals surface area contributed by atoms with E-state index >= 15 is 0 Å². The van der Waals surface area contributed by atoms with Gasteiger partial charge in [-0.3, -0.25) is 0 Å². The Morgan fingerprint density at radius 3 is 2.53 bits per heavy atom. The van der Waals surface area contributed by atoms with Crippen LogP contribution < -0.4 is 0 Å². The van der Waals surface area contributed by atoms with Crippen molar-refractivity contribution in [2.24, 2.45) is 0 Å². The Balaban J connectivity index is 2.72. The highest BCUT2D eigenvalue weighted by molar-refractivity contribution is 5.83. The lowest BCUT2D eigenvalue weighted by Crippen LogP contribution is -2.24. The third kappa shape index (κ3) is 1.56. The van der Waals surface area contributed by atoms with Crippen LogP contribution in [0.15, 0.2) is 30.5 Å². The van der Waals surface area contributed by atoms with Gasteiger partial charge in [0, 0.05) is 22.6 Å². The number of benzene rings is 1. The summed E-state index contributed by atoms with van der Waals surface area (Å²) in [6, 6.07) is 8.63. The van der Waals surface area contributed by atoms with Crippen molar-refractivity contribution in [1.82, 2.24) is 4.57 Å². The first kappa shape index (κ1) is 10.3. The molecule has 0 N–H and O–H groups in total. The van der Waals surface area contributed by atoms with Gasteiger partial charge in [-0.05, 0) is 38.8 Å². The van der Waals surface area contributed by atoms with E-state index in [1.807, 2.05) is 0 Å². The van der Waals surface area contributed by atoms with Gasteiger partial charge in [0.1, 0.15) is 0 Å². The molecule has 0 spiro atoms. The highest BCUT2D eigenvalue weighted by Gasteiger charge is 2.19. The number of aromatic nitrogens is 1. The first-order chi connectivity index (χ1) is 7.06. The van der Waals surface area contributed by atoms with Crippen LogP contribution in [0.4, 0.5) is 0 Å². The molecule has 0 atom stereocenters. The summed E-state index contributed by atoms with van der Waals surface area (Å²) in [6.45, 7) is 9.01. The third-order valence-corrected chi connectivity index (χ3v) is 3.43. The molecule has 1 aromatic heterocycles. The molecule has 1 nitrogen and oxygen atoms in total. The molecule has 0 amide bonds. The van der Waals surface area contributed by atoms with Crippen molar-refractivity contribution in [2.75, 3.05) is 0 Å². The second kappa shape index (κ2) is 3.41. The molecule has 80 valence electrons. The number of hydrogen-bond acceptors (Lipinski definition) is 0. The summed E-state index contributed by atoms with van der Waals surface area (Å²) < 4.78 is 2.40. The standard InChI is InChI=1S/C14H19N/c1-5-14(3,4)15-10-11(2)12-8-6-7-9-13(12)15/h6-10H,5H2,1-4H3. The number of nitrogens with zero attached hydrogens (tertiary/aromatic N) is 1. The molecule has 1 aromatic carbocycles. The van der Waals surface area contributed by atoms with Gasteiger partial charge < -0.3 is 4.57 Å². The fourth-order valence-electron chi connectivity index (χ4n) is 2.02. The molecule has 0 saturated heterocycles. The summed E-state index contributed by atoms with van der Waals surface area (Å²) >= 11 is 0. The van der Waals surface area contributed by atoms with E-state index in [0.717, 1.165) is 6.42 Å². The highest BCUT2D eigenvalue weighted by Crippen LogP contribution is 2.28. The Morgan fingerprint density at radius 1 is 1.20 bits per heavy atom. The van der Waals surface area contributed by atoms with E-state index in [-0.39, 0.29) is 5.54 Å². The van der Waals surface area contributed by atoms with Crippen LogP contribution in [0.2, 0.25) is 0 Å². The molecule has 0 saturated carbocycles. The highest BCUT2D eigenvalue weighted by atomic mass is 15.0. The zero-order chi connectivity index (χ0) is 11.1. The smallest absolute Gasteiger partial charge is 0.0488 e. The molecule has 0 fully saturated rings. The van der Waals surface area contributed by atoms with Crippen molar-refractivity contribution < 1.29 is 0 Å². The van der Waals surface area contributed by atoms with Crippen LogP contribution in [0.25, 0.3) is 10.9 Å². The second-order valence-corrected chi connectivity index (χ2v) is 4.87. The van der Waals surface area contributed by atoms with Crippen LogP contribution in [0.3, 0.4) is 0 Å². The maximum Gasteiger partial charge on any atom is 0.0488 e. The average Bonchev–Trinajstić information content (AvgIpc) is 2.58. The SMILES string of the molecule is CCC(C)(C)n1cc(C)c2ccccc21. The monoisotopic (exact) mass is 201 g/mol. The van der Waals surface area contributed by atoms with Crippen molar-refractivity contribution in [1.29, 1.82) is 0 Å². The van der Waals surface area contributed by atoms with Gasteiger partial charge in [0.2, 0.25) is 0 Å². The molecule has 2 rings (SSSR count). The Labute approximate surface area is 91.7 Å². The van der Waals surface area contributed by atoms with E-state index in [0.29, 0.717) is 0 Å². The summed E-state index contributed by atoms with van der Waals surface area (Å²) in [5.41, 5.74) is 2.92. The first-order valence-electron chi connectivity index (χ1n) is 5.63. The molecule has 1 heteroatoms. The number of rotatable bonds is 2. The number of para-hydroxylation sites is 1. The van der Waals surface area contributed by atoms with Crippen molar-refractivity contribution >= 4 is 10.9 Å². The van der Waals surface area contributed by atoms with Crippen molar-refractivity contribution in [3.63, 3.8) is 0 Å². The second-order valence-electron chi connectivity index (χ2n) is 4.87. The van der Waals surface area contributed by atoms with E-state index in [1.54, 1.807) is 0 Å². The molecular weight excluding hydrogens is 182 g/mol. The van der Waals surface area contributed by atoms with Gasteiger partial charge in [0.05, 0.1) is 0 Å². The lowest BCUT2D eigenvalue weighted by Gasteiger charge is -2.26. The Kier molecular flexibility index (Phi) is 2.34. The van der Waals surface area contributed by atoms with Crippen molar-refractivity contribution in [3.05, 3.63) is 36.0 Å². The molecule has 0 aliphatic carbocycles. The molecule has 15 heavy (non-hydrogen) atoms. The van der Waals surface area contributed by atoms with Crippen LogP contribution >= 0.6 is 0 Å². The normalized spacial score (nSPS) is 12.3. The van der Waals surface area contributed by atoms with Crippen molar-refractivity contribution in [3.8, 4) is 0 Å². The van der Waals surface area contributed by atoms with Crippen molar-refractivity contribution in [2.45, 2.75) is 39.7 Å². The van der Waals surface area contributed by atoms with Gasteiger partial charge in [-0.25, -0.2) is 0 Å². The van der Waals surface area contributed by atoms with Gasteiger partial charge in [0.25, 0.3) is 0 Å². The number of hydrogen-bond donors (Lipinski definition) is 0. The zero-order valence-corrected chi connectivity index (χ0v) is 10.0. The third-order valence-electron chi connectivity index (χ3n) is 3.43. The summed E-state index contributed by atoms with van der Waals surface area (Å²) in [4.78, 5) is 0. The molecule has 0 radical (unpaired) electrons. The molecule has 0 unspecified atom stereocenters. The van der Waals surface area contributed by atoms with Gasteiger partial charge in [-0.1, -0.05) is 25.1 Å². The maximum absolute atomic E-state index is 2.40. The number of fused-ring (bicyclic) bond motifs is 1. The summed E-state index contributed by atoms with van der Waals surface area (Å²) in [7, 11) is 0. The first-order valence-corrected chi connectivity index (χ1v) is 5.63. The van der Waals surface area contributed by atoms with Crippen LogP contribution in [0.5, 0.6) is 0 Å². The van der Waals surface area contributed by atoms with Gasteiger partial charge >= 0.3 is 0 Å². The minimum atomic E-state index is 0.202. The fourth-order valence-corrected chi connectivity index (χ4v) is 2.02. The van der Waals surface area contributed by atoms with Gasteiger partial charge in [0.15, 0.2) is 0 Å². The summed E-state index contributed by atoms with van der Waals surface area (Å²) in [6.07, 6.45) is 3.42. The average molecular weight is 201 g/mol. The fraction of sp³-hybridized carbons (Fsp3) is 0.429. The van der Waals surface area contributed by atoms with Gasteiger partial charge in [-0.15, -0.1) is 0 Å². The predicted octanol–water partition coefficient (Wildman–Crippen LogP) is 4.09. The minimum Gasteiger partial charge on any atom is -0.342 e. The lowest BCUT2D eigenvalue weighted by atomic mass is 10.0. The number of aryl methyl sites for hydroxylation is 1. The van der Waals surface area contributed by atoms with Crippen LogP contribution in [-0.2, 0) is 5.54 Å². The molecule has 1 heterocycles. The Morgan fingerprint density at radius 2 is 1.87 bits per heavy atom. The molecule has 0 bridgehead atoms. The Bertz CT molecular complexity index is 477.